The Labute approximate surface area is 118 Å². The van der Waals surface area contributed by atoms with Gasteiger partial charge < -0.3 is 10.2 Å². The summed E-state index contributed by atoms with van der Waals surface area (Å²) in [7, 11) is 0. The normalized spacial score (nSPS) is 10.2. The maximum atomic E-state index is 12.3. The third-order valence-electron chi connectivity index (χ3n) is 2.97. The molecule has 0 unspecified atom stereocenters. The Morgan fingerprint density at radius 1 is 1.35 bits per heavy atom. The predicted molar refractivity (Wildman–Crippen MR) is 79.1 cm³/mol. The minimum atomic E-state index is -0.449. The first-order valence-electron chi connectivity index (χ1n) is 6.86. The molecule has 0 saturated carbocycles. The Morgan fingerprint density at radius 3 is 2.55 bits per heavy atom. The van der Waals surface area contributed by atoms with Crippen molar-refractivity contribution < 1.29 is 9.72 Å². The summed E-state index contributed by atoms with van der Waals surface area (Å²) >= 11 is 0. The zero-order valence-corrected chi connectivity index (χ0v) is 12.2. The fraction of sp³-hybridized carbons (Fsp3) is 0.500. The summed E-state index contributed by atoms with van der Waals surface area (Å²) in [4.78, 5) is 24.6. The Bertz CT molecular complexity index is 489. The van der Waals surface area contributed by atoms with Crippen LogP contribution in [-0.4, -0.2) is 35.4 Å². The lowest BCUT2D eigenvalue weighted by atomic mass is 10.1. The highest BCUT2D eigenvalue weighted by Gasteiger charge is 2.19. The Kier molecular flexibility index (Phi) is 5.96. The maximum Gasteiger partial charge on any atom is 0.292 e. The van der Waals surface area contributed by atoms with Gasteiger partial charge in [-0.15, -0.1) is 0 Å². The number of carbonyl (C=O) groups excluding carboxylic acids is 1. The molecule has 0 aliphatic heterocycles. The van der Waals surface area contributed by atoms with Gasteiger partial charge in [-0.1, -0.05) is 6.92 Å². The van der Waals surface area contributed by atoms with Crippen LogP contribution in [0.1, 0.15) is 37.6 Å². The lowest BCUT2D eigenvalue weighted by Crippen LogP contribution is -2.31. The first kappa shape index (κ1) is 15.9. The molecule has 0 saturated heterocycles. The molecule has 20 heavy (non-hydrogen) atoms. The molecule has 0 atom stereocenters. The van der Waals surface area contributed by atoms with E-state index in [1.54, 1.807) is 11.0 Å². The van der Waals surface area contributed by atoms with Crippen LogP contribution in [-0.2, 0) is 0 Å². The number of nitro groups is 1. The van der Waals surface area contributed by atoms with Crippen LogP contribution in [0.3, 0.4) is 0 Å². The van der Waals surface area contributed by atoms with Crippen LogP contribution in [0, 0.1) is 10.1 Å². The molecule has 6 nitrogen and oxygen atoms in total. The van der Waals surface area contributed by atoms with Crippen LogP contribution in [0.25, 0.3) is 0 Å². The minimum Gasteiger partial charge on any atom is -0.380 e. The van der Waals surface area contributed by atoms with Crippen LogP contribution in [0.4, 0.5) is 11.4 Å². The first-order valence-corrected chi connectivity index (χ1v) is 6.86. The van der Waals surface area contributed by atoms with Gasteiger partial charge in [-0.05, 0) is 32.4 Å². The lowest BCUT2D eigenvalue weighted by molar-refractivity contribution is -0.384. The van der Waals surface area contributed by atoms with E-state index in [0.717, 1.165) is 6.42 Å². The summed E-state index contributed by atoms with van der Waals surface area (Å²) in [6, 6.07) is 4.45. The van der Waals surface area contributed by atoms with Gasteiger partial charge in [0.25, 0.3) is 11.6 Å². The minimum absolute atomic E-state index is 0.0121. The monoisotopic (exact) mass is 279 g/mol. The number of carbonyl (C=O) groups is 1. The number of nitrogens with one attached hydrogen (secondary N) is 1. The summed E-state index contributed by atoms with van der Waals surface area (Å²) < 4.78 is 0. The Hall–Kier alpha value is -2.11. The molecule has 6 heteroatoms. The summed E-state index contributed by atoms with van der Waals surface area (Å²) in [5.41, 5.74) is 0.847. The van der Waals surface area contributed by atoms with Gasteiger partial charge in [0.05, 0.1) is 4.92 Å². The van der Waals surface area contributed by atoms with Gasteiger partial charge in [0.15, 0.2) is 0 Å². The fourth-order valence-corrected chi connectivity index (χ4v) is 2.02. The molecule has 0 spiro atoms. The maximum absolute atomic E-state index is 12.3. The Balaban J connectivity index is 3.10. The van der Waals surface area contributed by atoms with Crippen molar-refractivity contribution >= 4 is 17.3 Å². The van der Waals surface area contributed by atoms with Gasteiger partial charge in [-0.3, -0.25) is 14.9 Å². The predicted octanol–water partition coefficient (Wildman–Crippen LogP) is 2.90. The quantitative estimate of drug-likeness (QED) is 0.615. The molecule has 0 radical (unpaired) electrons. The van der Waals surface area contributed by atoms with E-state index in [1.807, 2.05) is 20.8 Å². The van der Waals surface area contributed by atoms with Gasteiger partial charge in [0, 0.05) is 31.3 Å². The van der Waals surface area contributed by atoms with Crippen molar-refractivity contribution in [3.63, 3.8) is 0 Å². The zero-order valence-electron chi connectivity index (χ0n) is 12.2. The summed E-state index contributed by atoms with van der Waals surface area (Å²) in [6.07, 6.45) is 0.882. The van der Waals surface area contributed by atoms with E-state index in [1.165, 1.54) is 12.1 Å². The number of anilines is 1. The molecule has 0 aromatic heterocycles. The van der Waals surface area contributed by atoms with E-state index in [-0.39, 0.29) is 11.6 Å². The second-order valence-electron chi connectivity index (χ2n) is 4.40. The van der Waals surface area contributed by atoms with E-state index >= 15 is 0 Å². The number of nitro benzene ring substituents is 1. The van der Waals surface area contributed by atoms with Crippen molar-refractivity contribution in [3.05, 3.63) is 33.9 Å². The van der Waals surface area contributed by atoms with E-state index in [2.05, 4.69) is 5.32 Å². The molecule has 0 aliphatic rings. The van der Waals surface area contributed by atoms with Crippen molar-refractivity contribution in [3.8, 4) is 0 Å². The van der Waals surface area contributed by atoms with Crippen molar-refractivity contribution in [2.75, 3.05) is 25.0 Å². The molecule has 1 N–H and O–H groups in total. The molecule has 1 aromatic rings. The summed E-state index contributed by atoms with van der Waals surface area (Å²) in [5.74, 6) is -0.0941. The number of benzene rings is 1. The number of nitrogens with zero attached hydrogens (tertiary/aromatic N) is 2. The molecule has 0 heterocycles. The average Bonchev–Trinajstić information content (AvgIpc) is 2.44. The lowest BCUT2D eigenvalue weighted by Gasteiger charge is -2.20. The second-order valence-corrected chi connectivity index (χ2v) is 4.40. The van der Waals surface area contributed by atoms with Crippen LogP contribution >= 0.6 is 0 Å². The van der Waals surface area contributed by atoms with Crippen molar-refractivity contribution in [1.29, 1.82) is 0 Å². The highest BCUT2D eigenvalue weighted by molar-refractivity contribution is 5.96. The third-order valence-corrected chi connectivity index (χ3v) is 2.97. The highest BCUT2D eigenvalue weighted by Crippen LogP contribution is 2.26. The topological polar surface area (TPSA) is 75.5 Å². The molecule has 1 amide bonds. The van der Waals surface area contributed by atoms with E-state index in [9.17, 15) is 14.9 Å². The van der Waals surface area contributed by atoms with E-state index < -0.39 is 4.92 Å². The fourth-order valence-electron chi connectivity index (χ4n) is 2.02. The molecule has 1 aromatic carbocycles. The second kappa shape index (κ2) is 7.47. The number of amides is 1. The van der Waals surface area contributed by atoms with Gasteiger partial charge in [-0.2, -0.15) is 0 Å². The van der Waals surface area contributed by atoms with Crippen LogP contribution in [0.15, 0.2) is 18.2 Å². The van der Waals surface area contributed by atoms with Crippen molar-refractivity contribution in [2.45, 2.75) is 27.2 Å². The molecular weight excluding hydrogens is 258 g/mol. The smallest absolute Gasteiger partial charge is 0.292 e. The van der Waals surface area contributed by atoms with Crippen LogP contribution in [0.5, 0.6) is 0 Å². The van der Waals surface area contributed by atoms with Crippen LogP contribution < -0.4 is 5.32 Å². The standard InChI is InChI=1S/C14H21N3O3/c1-4-9-16(6-3)14(18)11-7-8-13(17(19)20)12(10-11)15-5-2/h7-8,10,15H,4-6,9H2,1-3H3. The van der Waals surface area contributed by atoms with E-state index in [4.69, 9.17) is 0 Å². The average molecular weight is 279 g/mol. The number of hydrogen-bond acceptors (Lipinski definition) is 4. The highest BCUT2D eigenvalue weighted by atomic mass is 16.6. The molecule has 0 aliphatic carbocycles. The summed E-state index contributed by atoms with van der Waals surface area (Å²) in [5, 5.41) is 13.9. The van der Waals surface area contributed by atoms with E-state index in [0.29, 0.717) is 30.9 Å². The molecule has 0 bridgehead atoms. The first-order chi connectivity index (χ1) is 9.54. The van der Waals surface area contributed by atoms with Gasteiger partial charge >= 0.3 is 0 Å². The third kappa shape index (κ3) is 3.69. The molecule has 110 valence electrons. The molecule has 1 rings (SSSR count). The number of rotatable bonds is 7. The largest absolute Gasteiger partial charge is 0.380 e. The van der Waals surface area contributed by atoms with Crippen molar-refractivity contribution in [1.82, 2.24) is 4.90 Å². The number of hydrogen-bond donors (Lipinski definition) is 1. The van der Waals surface area contributed by atoms with Gasteiger partial charge in [0.1, 0.15) is 5.69 Å². The molecule has 0 fully saturated rings. The van der Waals surface area contributed by atoms with Gasteiger partial charge in [-0.25, -0.2) is 0 Å². The summed E-state index contributed by atoms with van der Waals surface area (Å²) in [6.45, 7) is 7.65. The van der Waals surface area contributed by atoms with Gasteiger partial charge in [0.2, 0.25) is 0 Å². The Morgan fingerprint density at radius 2 is 2.05 bits per heavy atom. The zero-order chi connectivity index (χ0) is 15.1. The van der Waals surface area contributed by atoms with Crippen molar-refractivity contribution in [2.24, 2.45) is 0 Å². The molecular formula is C14H21N3O3. The SMILES string of the molecule is CCCN(CC)C(=O)c1ccc([N+](=O)[O-])c(NCC)c1. The van der Waals surface area contributed by atoms with Crippen LogP contribution in [0.2, 0.25) is 0 Å².